The molecule has 0 saturated carbocycles. The fraction of sp³-hybridized carbons (Fsp3) is 0.476. The van der Waals surface area contributed by atoms with E-state index >= 15 is 0 Å². The van der Waals surface area contributed by atoms with Crippen molar-refractivity contribution in [1.29, 1.82) is 0 Å². The van der Waals surface area contributed by atoms with Gasteiger partial charge in [0.1, 0.15) is 11.6 Å². The predicted octanol–water partition coefficient (Wildman–Crippen LogP) is 2.02. The number of hydrogen-bond donors (Lipinski definition) is 2. The Bertz CT molecular complexity index is 883. The quantitative estimate of drug-likeness (QED) is 0.739. The number of unbranched alkanes of at least 4 members (excludes halogenated alkanes) is 1. The number of anilines is 2. The van der Waals surface area contributed by atoms with Crippen LogP contribution in [0.25, 0.3) is 0 Å². The van der Waals surface area contributed by atoms with Gasteiger partial charge in [-0.2, -0.15) is 9.97 Å². The number of fused-ring (bicyclic) bond motifs is 2. The van der Waals surface area contributed by atoms with E-state index in [1.807, 2.05) is 4.90 Å². The molecule has 3 heterocycles. The van der Waals surface area contributed by atoms with E-state index in [9.17, 15) is 4.79 Å². The van der Waals surface area contributed by atoms with Gasteiger partial charge in [-0.1, -0.05) is 31.5 Å². The molecule has 0 radical (unpaired) electrons. The minimum Gasteiger partial charge on any atom is -0.463 e. The molecule has 0 fully saturated rings. The number of benzene rings is 1. The fourth-order valence-electron chi connectivity index (χ4n) is 3.79. The molecule has 28 heavy (non-hydrogen) atoms. The second-order valence-corrected chi connectivity index (χ2v) is 7.50. The lowest BCUT2D eigenvalue weighted by Crippen LogP contribution is -2.37. The molecule has 3 N–H and O–H groups in total. The maximum absolute atomic E-state index is 12.3. The molecule has 0 aliphatic carbocycles. The number of nitrogen functional groups attached to an aromatic ring is 1. The maximum Gasteiger partial charge on any atom is 0.320 e. The third-order valence-corrected chi connectivity index (χ3v) is 5.30. The Hall–Kier alpha value is -2.67. The van der Waals surface area contributed by atoms with Crippen molar-refractivity contribution in [1.82, 2.24) is 15.3 Å². The summed E-state index contributed by atoms with van der Waals surface area (Å²) in [6, 6.07) is 6.85. The Morgan fingerprint density at radius 1 is 1.29 bits per heavy atom. The predicted molar refractivity (Wildman–Crippen MR) is 108 cm³/mol. The van der Waals surface area contributed by atoms with Crippen LogP contribution in [0, 0.1) is 0 Å². The summed E-state index contributed by atoms with van der Waals surface area (Å²) in [6.07, 6.45) is 3.29. The van der Waals surface area contributed by atoms with Crippen LogP contribution in [-0.2, 0) is 30.7 Å². The zero-order valence-corrected chi connectivity index (χ0v) is 16.3. The van der Waals surface area contributed by atoms with Gasteiger partial charge in [-0.15, -0.1) is 0 Å². The number of ketones is 1. The van der Waals surface area contributed by atoms with E-state index in [1.165, 1.54) is 16.7 Å². The molecule has 0 saturated heterocycles. The molecule has 0 atom stereocenters. The minimum absolute atomic E-state index is 0.129. The first-order valence-corrected chi connectivity index (χ1v) is 10.0. The van der Waals surface area contributed by atoms with E-state index < -0.39 is 0 Å². The first-order chi connectivity index (χ1) is 13.6. The Kier molecular flexibility index (Phi) is 5.43. The molecule has 2 aliphatic rings. The number of ether oxygens (including phenoxy) is 1. The van der Waals surface area contributed by atoms with Crippen LogP contribution in [0.15, 0.2) is 18.2 Å². The highest BCUT2D eigenvalue weighted by molar-refractivity contribution is 5.91. The molecule has 1 aromatic heterocycles. The zero-order chi connectivity index (χ0) is 19.5. The highest BCUT2D eigenvalue weighted by Gasteiger charge is 2.28. The number of nitrogens with two attached hydrogens (primary N) is 1. The summed E-state index contributed by atoms with van der Waals surface area (Å²) in [4.78, 5) is 23.2. The van der Waals surface area contributed by atoms with E-state index in [1.54, 1.807) is 0 Å². The number of hydrogen-bond acceptors (Lipinski definition) is 7. The van der Waals surface area contributed by atoms with Gasteiger partial charge in [-0.05, 0) is 36.1 Å². The van der Waals surface area contributed by atoms with Crippen molar-refractivity contribution in [3.63, 3.8) is 0 Å². The van der Waals surface area contributed by atoms with E-state index in [2.05, 4.69) is 40.4 Å². The molecule has 0 bridgehead atoms. The first kappa shape index (κ1) is 18.7. The summed E-state index contributed by atoms with van der Waals surface area (Å²) in [7, 11) is 0. The molecular formula is C21H27N5O2. The number of nitrogens with zero attached hydrogens (tertiary/aromatic N) is 3. The van der Waals surface area contributed by atoms with Crippen molar-refractivity contribution in [3.05, 3.63) is 40.5 Å². The van der Waals surface area contributed by atoms with Crippen molar-refractivity contribution < 1.29 is 9.53 Å². The number of rotatable bonds is 6. The van der Waals surface area contributed by atoms with E-state index in [0.717, 1.165) is 38.2 Å². The number of nitrogens with one attached hydrogen (secondary N) is 1. The fourth-order valence-corrected chi connectivity index (χ4v) is 3.79. The third-order valence-electron chi connectivity index (χ3n) is 5.30. The van der Waals surface area contributed by atoms with Crippen LogP contribution in [0.1, 0.15) is 42.0 Å². The molecule has 4 rings (SSSR count). The van der Waals surface area contributed by atoms with Gasteiger partial charge < -0.3 is 20.7 Å². The van der Waals surface area contributed by atoms with Gasteiger partial charge in [0.05, 0.1) is 13.2 Å². The number of Topliss-reactive ketones (excluding diaryl/α,β-unsaturated/α-hetero) is 1. The summed E-state index contributed by atoms with van der Waals surface area (Å²) < 4.78 is 5.67. The van der Waals surface area contributed by atoms with Gasteiger partial charge in [-0.25, -0.2) is 0 Å². The summed E-state index contributed by atoms with van der Waals surface area (Å²) >= 11 is 0. The summed E-state index contributed by atoms with van der Waals surface area (Å²) in [5.74, 6) is 1.19. The maximum atomic E-state index is 12.3. The van der Waals surface area contributed by atoms with E-state index in [-0.39, 0.29) is 12.2 Å². The highest BCUT2D eigenvalue weighted by atomic mass is 16.5. The van der Waals surface area contributed by atoms with Crippen LogP contribution in [0.3, 0.4) is 0 Å². The van der Waals surface area contributed by atoms with Gasteiger partial charge in [-0.3, -0.25) is 4.79 Å². The van der Waals surface area contributed by atoms with Crippen molar-refractivity contribution in [2.75, 3.05) is 30.3 Å². The summed E-state index contributed by atoms with van der Waals surface area (Å²) in [5.41, 5.74) is 10.8. The Balaban J connectivity index is 1.60. The van der Waals surface area contributed by atoms with Crippen LogP contribution in [-0.4, -0.2) is 35.4 Å². The number of aromatic nitrogens is 2. The average molecular weight is 381 g/mol. The lowest BCUT2D eigenvalue weighted by molar-refractivity contribution is -0.117. The van der Waals surface area contributed by atoms with Gasteiger partial charge in [0.25, 0.3) is 0 Å². The van der Waals surface area contributed by atoms with E-state index in [4.69, 9.17) is 10.5 Å². The smallest absolute Gasteiger partial charge is 0.320 e. The third kappa shape index (κ3) is 3.94. The van der Waals surface area contributed by atoms with Crippen molar-refractivity contribution in [3.8, 4) is 6.01 Å². The zero-order valence-electron chi connectivity index (χ0n) is 16.3. The number of carbonyl (C=O) groups is 1. The molecule has 0 amide bonds. The van der Waals surface area contributed by atoms with Crippen LogP contribution < -0.4 is 20.7 Å². The minimum atomic E-state index is 0.129. The van der Waals surface area contributed by atoms with Gasteiger partial charge in [0, 0.05) is 25.1 Å². The largest absolute Gasteiger partial charge is 0.463 e. The van der Waals surface area contributed by atoms with Crippen molar-refractivity contribution >= 4 is 17.4 Å². The lowest BCUT2D eigenvalue weighted by atomic mass is 9.97. The summed E-state index contributed by atoms with van der Waals surface area (Å²) in [6.45, 7) is 5.54. The Morgan fingerprint density at radius 2 is 2.18 bits per heavy atom. The van der Waals surface area contributed by atoms with Gasteiger partial charge >= 0.3 is 6.01 Å². The molecule has 7 nitrogen and oxygen atoms in total. The van der Waals surface area contributed by atoms with Crippen LogP contribution in [0.5, 0.6) is 6.01 Å². The van der Waals surface area contributed by atoms with E-state index in [0.29, 0.717) is 37.1 Å². The monoisotopic (exact) mass is 381 g/mol. The first-order valence-electron chi connectivity index (χ1n) is 10.0. The van der Waals surface area contributed by atoms with Gasteiger partial charge in [0.15, 0.2) is 5.78 Å². The SMILES string of the molecule is CCCCOc1nc(N)c2c(n1)N(Cc1ccc3c(c1)CCNC3)CC(=O)C2. The second-order valence-electron chi connectivity index (χ2n) is 7.50. The molecule has 148 valence electrons. The van der Waals surface area contributed by atoms with Crippen LogP contribution in [0.4, 0.5) is 11.6 Å². The molecule has 2 aromatic rings. The highest BCUT2D eigenvalue weighted by Crippen LogP contribution is 2.31. The summed E-state index contributed by atoms with van der Waals surface area (Å²) in [5, 5.41) is 3.39. The van der Waals surface area contributed by atoms with Crippen LogP contribution in [0.2, 0.25) is 0 Å². The standard InChI is InChI=1S/C21H27N5O2/c1-2-3-8-28-21-24-19(22)18-10-17(27)13-26(20(18)25-21)12-14-4-5-16-11-23-7-6-15(16)9-14/h4-5,9,23H,2-3,6-8,10-13H2,1H3,(H2,22,24,25). The topological polar surface area (TPSA) is 93.4 Å². The van der Waals surface area contributed by atoms with Crippen molar-refractivity contribution in [2.45, 2.75) is 45.7 Å². The van der Waals surface area contributed by atoms with Gasteiger partial charge in [0.2, 0.25) is 0 Å². The molecular weight excluding hydrogens is 354 g/mol. The van der Waals surface area contributed by atoms with Crippen molar-refractivity contribution in [2.24, 2.45) is 0 Å². The molecule has 0 spiro atoms. The Morgan fingerprint density at radius 3 is 3.04 bits per heavy atom. The normalized spacial score (nSPS) is 15.9. The lowest BCUT2D eigenvalue weighted by Gasteiger charge is -2.30. The molecule has 7 heteroatoms. The van der Waals surface area contributed by atoms with Crippen LogP contribution >= 0.6 is 0 Å². The molecule has 2 aliphatic heterocycles. The molecule has 1 aromatic carbocycles. The number of carbonyl (C=O) groups excluding carboxylic acids is 1. The molecule has 0 unspecified atom stereocenters. The average Bonchev–Trinajstić information content (AvgIpc) is 2.69. The second kappa shape index (κ2) is 8.14. The Labute approximate surface area is 165 Å².